The number of halogens is 1. The fourth-order valence-corrected chi connectivity index (χ4v) is 5.10. The summed E-state index contributed by atoms with van der Waals surface area (Å²) >= 11 is 4.85. The highest BCUT2D eigenvalue weighted by atomic mass is 79.9. The van der Waals surface area contributed by atoms with E-state index < -0.39 is 10.0 Å². The number of nitrogens with zero attached hydrogens (tertiary/aromatic N) is 3. The first-order chi connectivity index (χ1) is 13.4. The zero-order valence-corrected chi connectivity index (χ0v) is 18.7. The molecule has 1 heterocycles. The zero-order chi connectivity index (χ0) is 20.1. The van der Waals surface area contributed by atoms with Crippen molar-refractivity contribution < 1.29 is 12.8 Å². The number of sulfonamides is 1. The van der Waals surface area contributed by atoms with E-state index in [0.717, 1.165) is 10.0 Å². The molecule has 0 aliphatic rings. The Morgan fingerprint density at radius 3 is 2.46 bits per heavy atom. The number of benzene rings is 2. The van der Waals surface area contributed by atoms with Gasteiger partial charge in [0, 0.05) is 28.9 Å². The first-order valence-corrected chi connectivity index (χ1v) is 12.0. The molecule has 1 aromatic heterocycles. The largest absolute Gasteiger partial charge is 0.411 e. The Bertz CT molecular complexity index is 1030. The first-order valence-electron chi connectivity index (χ1n) is 8.75. The summed E-state index contributed by atoms with van der Waals surface area (Å²) in [6, 6.07) is 14.6. The van der Waals surface area contributed by atoms with E-state index in [9.17, 15) is 8.42 Å². The minimum atomic E-state index is -3.54. The van der Waals surface area contributed by atoms with Gasteiger partial charge in [0.1, 0.15) is 0 Å². The summed E-state index contributed by atoms with van der Waals surface area (Å²) in [5.41, 5.74) is 1.72. The van der Waals surface area contributed by atoms with Crippen LogP contribution in [0.4, 0.5) is 0 Å². The molecule has 0 aliphatic carbocycles. The number of hydrogen-bond donors (Lipinski definition) is 0. The maximum absolute atomic E-state index is 12.7. The zero-order valence-electron chi connectivity index (χ0n) is 15.5. The number of thioether (sulfide) groups is 1. The quantitative estimate of drug-likeness (QED) is 0.429. The molecule has 0 saturated heterocycles. The molecular weight excluding hydrogens is 462 g/mol. The molecule has 0 fully saturated rings. The molecule has 0 spiro atoms. The first kappa shape index (κ1) is 21.0. The maximum Gasteiger partial charge on any atom is 0.277 e. The van der Waals surface area contributed by atoms with Gasteiger partial charge in [-0.05, 0) is 35.9 Å². The van der Waals surface area contributed by atoms with Gasteiger partial charge in [-0.15, -0.1) is 10.2 Å². The van der Waals surface area contributed by atoms with Crippen molar-refractivity contribution in [3.05, 3.63) is 58.6 Å². The van der Waals surface area contributed by atoms with Crippen LogP contribution in [0.2, 0.25) is 0 Å². The van der Waals surface area contributed by atoms with Gasteiger partial charge < -0.3 is 4.42 Å². The molecule has 0 unspecified atom stereocenters. The molecule has 0 amide bonds. The Labute approximate surface area is 177 Å². The van der Waals surface area contributed by atoms with Gasteiger partial charge in [0.2, 0.25) is 15.9 Å². The van der Waals surface area contributed by atoms with E-state index in [1.165, 1.54) is 16.1 Å². The molecule has 0 radical (unpaired) electrons. The Hall–Kier alpha value is -1.68. The predicted octanol–water partition coefficient (Wildman–Crippen LogP) is 4.82. The van der Waals surface area contributed by atoms with Crippen LogP contribution in [-0.4, -0.2) is 36.0 Å². The number of aromatic nitrogens is 2. The van der Waals surface area contributed by atoms with Crippen LogP contribution in [0.25, 0.3) is 11.5 Å². The molecule has 6 nitrogen and oxygen atoms in total. The van der Waals surface area contributed by atoms with Crippen LogP contribution in [0.3, 0.4) is 0 Å². The van der Waals surface area contributed by atoms with Crippen LogP contribution >= 0.6 is 27.7 Å². The maximum atomic E-state index is 12.7. The molecule has 0 aliphatic heterocycles. The van der Waals surface area contributed by atoms with Crippen molar-refractivity contribution in [2.45, 2.75) is 29.7 Å². The van der Waals surface area contributed by atoms with Crippen molar-refractivity contribution in [1.29, 1.82) is 0 Å². The second-order valence-electron chi connectivity index (χ2n) is 5.91. The van der Waals surface area contributed by atoms with Gasteiger partial charge in [-0.1, -0.05) is 59.7 Å². The van der Waals surface area contributed by atoms with E-state index >= 15 is 0 Å². The Morgan fingerprint density at radius 1 is 1.07 bits per heavy atom. The van der Waals surface area contributed by atoms with E-state index in [-0.39, 0.29) is 4.90 Å². The summed E-state index contributed by atoms with van der Waals surface area (Å²) < 4.78 is 33.6. The fraction of sp³-hybridized carbons (Fsp3) is 0.263. The van der Waals surface area contributed by atoms with E-state index in [2.05, 4.69) is 26.1 Å². The van der Waals surface area contributed by atoms with Crippen molar-refractivity contribution in [3.63, 3.8) is 0 Å². The molecular formula is C19H20BrN3O3S2. The minimum Gasteiger partial charge on any atom is -0.411 e. The normalized spacial score (nSPS) is 11.9. The SMILES string of the molecule is CCN(CC)S(=O)(=O)c1cccc(-c2nnc(SCc3ccc(Br)cc3)o2)c1. The van der Waals surface area contributed by atoms with E-state index in [4.69, 9.17) is 4.42 Å². The van der Waals surface area contributed by atoms with Crippen LogP contribution in [0.5, 0.6) is 0 Å². The lowest BCUT2D eigenvalue weighted by atomic mass is 10.2. The Balaban J connectivity index is 1.77. The molecule has 2 aromatic carbocycles. The smallest absolute Gasteiger partial charge is 0.277 e. The van der Waals surface area contributed by atoms with Gasteiger partial charge >= 0.3 is 0 Å². The van der Waals surface area contributed by atoms with Gasteiger partial charge in [0.15, 0.2) is 0 Å². The molecule has 148 valence electrons. The lowest BCUT2D eigenvalue weighted by Crippen LogP contribution is -2.30. The summed E-state index contributed by atoms with van der Waals surface area (Å²) in [6.45, 7) is 4.47. The van der Waals surface area contributed by atoms with Crippen LogP contribution in [0.1, 0.15) is 19.4 Å². The fourth-order valence-electron chi connectivity index (χ4n) is 2.61. The molecule has 3 aromatic rings. The van der Waals surface area contributed by atoms with Crippen molar-refractivity contribution in [2.75, 3.05) is 13.1 Å². The minimum absolute atomic E-state index is 0.218. The van der Waals surface area contributed by atoms with E-state index in [0.29, 0.717) is 35.5 Å². The summed E-state index contributed by atoms with van der Waals surface area (Å²) in [5.74, 6) is 1.00. The molecule has 9 heteroatoms. The van der Waals surface area contributed by atoms with Crippen LogP contribution in [0.15, 0.2) is 67.5 Å². The van der Waals surface area contributed by atoms with Gasteiger partial charge in [0.25, 0.3) is 5.22 Å². The van der Waals surface area contributed by atoms with E-state index in [1.807, 2.05) is 38.1 Å². The third-order valence-electron chi connectivity index (χ3n) is 4.11. The lowest BCUT2D eigenvalue weighted by Gasteiger charge is -2.18. The Morgan fingerprint density at radius 2 is 1.79 bits per heavy atom. The van der Waals surface area contributed by atoms with Crippen molar-refractivity contribution >= 4 is 37.7 Å². The van der Waals surface area contributed by atoms with Crippen LogP contribution in [0, 0.1) is 0 Å². The monoisotopic (exact) mass is 481 g/mol. The Kier molecular flexibility index (Phi) is 6.92. The second-order valence-corrected chi connectivity index (χ2v) is 9.69. The second kappa shape index (κ2) is 9.21. The third-order valence-corrected chi connectivity index (χ3v) is 7.57. The highest BCUT2D eigenvalue weighted by molar-refractivity contribution is 9.10. The highest BCUT2D eigenvalue weighted by Crippen LogP contribution is 2.28. The average molecular weight is 482 g/mol. The summed E-state index contributed by atoms with van der Waals surface area (Å²) in [4.78, 5) is 0.218. The van der Waals surface area contributed by atoms with Gasteiger partial charge in [-0.2, -0.15) is 4.31 Å². The highest BCUT2D eigenvalue weighted by Gasteiger charge is 2.22. The third kappa shape index (κ3) is 4.83. The molecule has 0 saturated carbocycles. The van der Waals surface area contributed by atoms with Crippen molar-refractivity contribution in [1.82, 2.24) is 14.5 Å². The van der Waals surface area contributed by atoms with Crippen LogP contribution in [-0.2, 0) is 15.8 Å². The van der Waals surface area contributed by atoms with Crippen LogP contribution < -0.4 is 0 Å². The summed E-state index contributed by atoms with van der Waals surface area (Å²) in [7, 11) is -3.54. The van der Waals surface area contributed by atoms with Gasteiger partial charge in [-0.3, -0.25) is 0 Å². The lowest BCUT2D eigenvalue weighted by molar-refractivity contribution is 0.445. The number of rotatable bonds is 8. The van der Waals surface area contributed by atoms with E-state index in [1.54, 1.807) is 24.3 Å². The topological polar surface area (TPSA) is 76.3 Å². The van der Waals surface area contributed by atoms with Gasteiger partial charge in [-0.25, -0.2) is 8.42 Å². The van der Waals surface area contributed by atoms with Crippen molar-refractivity contribution in [3.8, 4) is 11.5 Å². The molecule has 0 N–H and O–H groups in total. The molecule has 3 rings (SSSR count). The summed E-state index contributed by atoms with van der Waals surface area (Å²) in [6.07, 6.45) is 0. The van der Waals surface area contributed by atoms with Gasteiger partial charge in [0.05, 0.1) is 4.90 Å². The predicted molar refractivity (Wildman–Crippen MR) is 114 cm³/mol. The number of hydrogen-bond acceptors (Lipinski definition) is 6. The molecule has 0 atom stereocenters. The van der Waals surface area contributed by atoms with Crippen molar-refractivity contribution in [2.24, 2.45) is 0 Å². The average Bonchev–Trinajstić information content (AvgIpc) is 3.17. The standard InChI is InChI=1S/C19H20BrN3O3S2/c1-3-23(4-2)28(24,25)17-7-5-6-15(12-17)18-21-22-19(26-18)27-13-14-8-10-16(20)11-9-14/h5-12H,3-4,13H2,1-2H3. The molecule has 0 bridgehead atoms. The summed E-state index contributed by atoms with van der Waals surface area (Å²) in [5, 5.41) is 8.57. The molecule has 28 heavy (non-hydrogen) atoms.